The topological polar surface area (TPSA) is 65.1 Å². The molecule has 1 unspecified atom stereocenters. The van der Waals surface area contributed by atoms with Gasteiger partial charge in [0.2, 0.25) is 0 Å². The molecule has 11 atom stereocenters. The first-order valence-electron chi connectivity index (χ1n) is 11.3. The van der Waals surface area contributed by atoms with Crippen molar-refractivity contribution in [1.82, 2.24) is 4.90 Å². The van der Waals surface area contributed by atoms with Gasteiger partial charge in [0.25, 0.3) is 0 Å². The van der Waals surface area contributed by atoms with Crippen LogP contribution >= 0.6 is 0 Å². The lowest BCUT2D eigenvalue weighted by Gasteiger charge is -2.64. The van der Waals surface area contributed by atoms with Gasteiger partial charge >= 0.3 is 11.9 Å². The summed E-state index contributed by atoms with van der Waals surface area (Å²) in [5.74, 6) is 1.09. The second kappa shape index (κ2) is 5.72. The third-order valence-corrected chi connectivity index (χ3v) is 9.06. The summed E-state index contributed by atoms with van der Waals surface area (Å²) in [6.45, 7) is 6.24. The molecule has 1 saturated carbocycles. The van der Waals surface area contributed by atoms with E-state index < -0.39 is 0 Å². The molecule has 0 aromatic carbocycles. The number of hydrogen-bond donors (Lipinski definition) is 0. The lowest BCUT2D eigenvalue weighted by molar-refractivity contribution is -0.400. The van der Waals surface area contributed by atoms with Crippen molar-refractivity contribution in [2.45, 2.75) is 89.5 Å². The van der Waals surface area contributed by atoms with Crippen LogP contribution in [0.2, 0.25) is 0 Å². The fourth-order valence-electron chi connectivity index (χ4n) is 8.01. The van der Waals surface area contributed by atoms with Gasteiger partial charge in [-0.25, -0.2) is 4.90 Å². The van der Waals surface area contributed by atoms with Crippen LogP contribution in [-0.2, 0) is 23.8 Å². The summed E-state index contributed by atoms with van der Waals surface area (Å²) in [5.41, 5.74) is -0.270. The second-order valence-electron chi connectivity index (χ2n) is 10.1. The maximum Gasteiger partial charge on any atom is 0.309 e. The number of nitrogens with zero attached hydrogens (tertiary/aromatic N) is 1. The molecule has 5 saturated heterocycles. The summed E-state index contributed by atoms with van der Waals surface area (Å²) in [5, 5.41) is 0. The van der Waals surface area contributed by atoms with Gasteiger partial charge in [0.15, 0.2) is 0 Å². The molecular formula is C22H31NO5. The summed E-state index contributed by atoms with van der Waals surface area (Å²) in [4.78, 5) is 27.3. The first-order chi connectivity index (χ1) is 13.5. The summed E-state index contributed by atoms with van der Waals surface area (Å²) >= 11 is 0. The molecule has 1 aliphatic carbocycles. The van der Waals surface area contributed by atoms with E-state index in [2.05, 4.69) is 11.8 Å². The Bertz CT molecular complexity index is 726. The zero-order valence-corrected chi connectivity index (χ0v) is 17.0. The number of hydrogen-bond acceptors (Lipinski definition) is 6. The van der Waals surface area contributed by atoms with E-state index in [0.717, 1.165) is 38.5 Å². The number of cyclic esters (lactones) is 1. The van der Waals surface area contributed by atoms with Crippen LogP contribution in [0.5, 0.6) is 0 Å². The maximum absolute atomic E-state index is 12.5. The van der Waals surface area contributed by atoms with Crippen molar-refractivity contribution in [3.05, 3.63) is 0 Å². The number of rotatable bonds is 2. The Hall–Kier alpha value is -1.14. The molecule has 2 bridgehead atoms. The van der Waals surface area contributed by atoms with E-state index in [0.29, 0.717) is 17.8 Å². The third kappa shape index (κ3) is 1.92. The van der Waals surface area contributed by atoms with E-state index in [9.17, 15) is 9.59 Å². The van der Waals surface area contributed by atoms with Gasteiger partial charge in [-0.1, -0.05) is 20.8 Å². The van der Waals surface area contributed by atoms with Crippen LogP contribution in [0.4, 0.5) is 0 Å². The highest BCUT2D eigenvalue weighted by Crippen LogP contribution is 2.68. The molecule has 1 spiro atoms. The molecule has 6 aliphatic rings. The fourth-order valence-corrected chi connectivity index (χ4v) is 8.01. The first kappa shape index (κ1) is 17.7. The van der Waals surface area contributed by atoms with Gasteiger partial charge in [0.1, 0.15) is 24.2 Å². The normalized spacial score (nSPS) is 57.1. The molecule has 0 amide bonds. The molecule has 0 radical (unpaired) electrons. The van der Waals surface area contributed by atoms with Crippen molar-refractivity contribution in [1.29, 1.82) is 0 Å². The second-order valence-corrected chi connectivity index (χ2v) is 10.1. The van der Waals surface area contributed by atoms with E-state index in [1.165, 1.54) is 0 Å². The highest BCUT2D eigenvalue weighted by molar-refractivity contribution is 5.75. The van der Waals surface area contributed by atoms with E-state index in [-0.39, 0.29) is 59.9 Å². The van der Waals surface area contributed by atoms with Crippen LogP contribution in [0.25, 0.3) is 0 Å². The number of carbonyl (C=O) groups is 2. The Morgan fingerprint density at radius 1 is 1.07 bits per heavy atom. The highest BCUT2D eigenvalue weighted by atomic mass is 16.6. The molecule has 28 heavy (non-hydrogen) atoms. The van der Waals surface area contributed by atoms with Gasteiger partial charge in [-0.15, -0.1) is 0 Å². The Labute approximate surface area is 166 Å². The summed E-state index contributed by atoms with van der Waals surface area (Å²) in [6, 6.07) is 0.220. The maximum atomic E-state index is 12.5. The average molecular weight is 389 g/mol. The zero-order valence-electron chi connectivity index (χ0n) is 17.0. The molecule has 6 fully saturated rings. The van der Waals surface area contributed by atoms with Crippen LogP contribution in [0, 0.1) is 35.5 Å². The van der Waals surface area contributed by atoms with Gasteiger partial charge in [-0.2, -0.15) is 0 Å². The third-order valence-electron chi connectivity index (χ3n) is 9.06. The van der Waals surface area contributed by atoms with Crippen LogP contribution in [-0.4, -0.2) is 47.0 Å². The van der Waals surface area contributed by atoms with E-state index >= 15 is 0 Å². The predicted octanol–water partition coefficient (Wildman–Crippen LogP) is 2.70. The van der Waals surface area contributed by atoms with Gasteiger partial charge < -0.3 is 14.2 Å². The quantitative estimate of drug-likeness (QED) is 0.677. The van der Waals surface area contributed by atoms with Gasteiger partial charge in [0, 0.05) is 23.7 Å². The average Bonchev–Trinajstić information content (AvgIpc) is 3.10. The smallest absolute Gasteiger partial charge is 0.309 e. The van der Waals surface area contributed by atoms with Crippen molar-refractivity contribution in [2.75, 3.05) is 0 Å². The SMILES string of the molecule is CC[C@H]1[C@@H]2OC(=O)[C@H](C)[C@@H]2[C@H]2CC([C@@H]3C[C@H](C)C(=O)O3)N3[C@@H]4CCC[C@H]1[C@]23O4. The first-order valence-corrected chi connectivity index (χ1v) is 11.3. The number of esters is 2. The van der Waals surface area contributed by atoms with Crippen LogP contribution in [0.3, 0.4) is 0 Å². The lowest BCUT2D eigenvalue weighted by Crippen LogP contribution is -2.76. The minimum absolute atomic E-state index is 0.0170. The highest BCUT2D eigenvalue weighted by Gasteiger charge is 2.77. The van der Waals surface area contributed by atoms with Crippen molar-refractivity contribution in [2.24, 2.45) is 35.5 Å². The Morgan fingerprint density at radius 3 is 2.61 bits per heavy atom. The molecular weight excluding hydrogens is 358 g/mol. The van der Waals surface area contributed by atoms with Gasteiger partial charge in [0.05, 0.1) is 17.9 Å². The minimum atomic E-state index is -0.270. The number of fused-ring (bicyclic) bond motifs is 2. The van der Waals surface area contributed by atoms with E-state index in [1.807, 2.05) is 13.8 Å². The van der Waals surface area contributed by atoms with Gasteiger partial charge in [-0.05, 0) is 38.5 Å². The van der Waals surface area contributed by atoms with Gasteiger partial charge in [-0.3, -0.25) is 9.59 Å². The van der Waals surface area contributed by atoms with Crippen LogP contribution < -0.4 is 0 Å². The Balaban J connectivity index is 1.43. The molecule has 0 N–H and O–H groups in total. The summed E-state index contributed by atoms with van der Waals surface area (Å²) in [7, 11) is 0. The van der Waals surface area contributed by atoms with E-state index in [1.54, 1.807) is 0 Å². The van der Waals surface area contributed by atoms with E-state index in [4.69, 9.17) is 14.2 Å². The molecule has 6 heteroatoms. The summed E-state index contributed by atoms with van der Waals surface area (Å²) < 4.78 is 18.6. The largest absolute Gasteiger partial charge is 0.462 e. The number of ether oxygens (including phenoxy) is 3. The van der Waals surface area contributed by atoms with Crippen molar-refractivity contribution in [3.8, 4) is 0 Å². The minimum Gasteiger partial charge on any atom is -0.462 e. The predicted molar refractivity (Wildman–Crippen MR) is 98.7 cm³/mol. The summed E-state index contributed by atoms with van der Waals surface area (Å²) in [6.07, 6.45) is 6.27. The Morgan fingerprint density at radius 2 is 1.89 bits per heavy atom. The molecule has 5 aliphatic heterocycles. The zero-order chi connectivity index (χ0) is 19.4. The molecule has 6 rings (SSSR count). The standard InChI is InChI=1S/C22H31NO5/c1-4-12-13-6-5-7-17-23-15(16-8-10(2)20(24)26-16)9-14(22(13,23)28-17)18-11(3)21(25)27-19(12)18/h10-19H,4-9H2,1-3H3/t10-,11+,12+,13+,14+,15?,16-,17-,18+,19-,22-/m0/s1. The van der Waals surface area contributed by atoms with Crippen molar-refractivity contribution < 1.29 is 23.8 Å². The molecule has 0 aromatic rings. The monoisotopic (exact) mass is 389 g/mol. The molecule has 0 aromatic heterocycles. The molecule has 154 valence electrons. The molecule has 6 nitrogen and oxygen atoms in total. The Kier molecular flexibility index (Phi) is 3.61. The van der Waals surface area contributed by atoms with Crippen molar-refractivity contribution >= 4 is 11.9 Å². The fraction of sp³-hybridized carbons (Fsp3) is 0.909. The molecule has 5 heterocycles. The van der Waals surface area contributed by atoms with Crippen LogP contribution in [0.1, 0.15) is 59.3 Å². The number of carbonyl (C=O) groups excluding carboxylic acids is 2. The van der Waals surface area contributed by atoms with Crippen LogP contribution in [0.15, 0.2) is 0 Å². The lowest BCUT2D eigenvalue weighted by atomic mass is 9.57. The van der Waals surface area contributed by atoms with Crippen molar-refractivity contribution in [3.63, 3.8) is 0 Å².